The first-order valence-electron chi connectivity index (χ1n) is 9.38. The summed E-state index contributed by atoms with van der Waals surface area (Å²) < 4.78 is 5.80. The van der Waals surface area contributed by atoms with E-state index in [1.807, 2.05) is 68.4 Å². The van der Waals surface area contributed by atoms with Gasteiger partial charge in [-0.1, -0.05) is 42.5 Å². The molecule has 5 nitrogen and oxygen atoms in total. The lowest BCUT2D eigenvalue weighted by atomic mass is 10.0. The molecule has 0 radical (unpaired) electrons. The minimum absolute atomic E-state index is 0.0137. The van der Waals surface area contributed by atoms with E-state index in [2.05, 4.69) is 5.32 Å². The number of carbonyl (C=O) groups is 2. The number of amides is 2. The predicted molar refractivity (Wildman–Crippen MR) is 104 cm³/mol. The van der Waals surface area contributed by atoms with E-state index in [4.69, 9.17) is 4.74 Å². The number of ether oxygens (including phenoxy) is 1. The standard InChI is InChI=1S/C22H26N2O3/c1-16(2)24-13-12-21(25)23-20(22(24)26)14-17-8-10-19(11-9-17)27-15-18-6-4-3-5-7-18/h3-11,16,20H,12-15H2,1-2H3,(H,23,25)/t20-/m0/s1. The number of nitrogens with zero attached hydrogens (tertiary/aromatic N) is 1. The minimum Gasteiger partial charge on any atom is -0.489 e. The summed E-state index contributed by atoms with van der Waals surface area (Å²) in [5.74, 6) is 0.696. The molecule has 0 aromatic heterocycles. The van der Waals surface area contributed by atoms with Crippen LogP contribution in [0.5, 0.6) is 5.75 Å². The summed E-state index contributed by atoms with van der Waals surface area (Å²) >= 11 is 0. The zero-order valence-corrected chi connectivity index (χ0v) is 15.9. The number of nitrogens with one attached hydrogen (secondary N) is 1. The molecule has 2 amide bonds. The highest BCUT2D eigenvalue weighted by atomic mass is 16.5. The Morgan fingerprint density at radius 3 is 2.41 bits per heavy atom. The quantitative estimate of drug-likeness (QED) is 0.855. The van der Waals surface area contributed by atoms with Crippen molar-refractivity contribution in [2.75, 3.05) is 6.54 Å². The Kier molecular flexibility index (Phi) is 6.12. The summed E-state index contributed by atoms with van der Waals surface area (Å²) in [4.78, 5) is 26.5. The van der Waals surface area contributed by atoms with Gasteiger partial charge < -0.3 is 15.0 Å². The molecule has 1 aliphatic heterocycles. The lowest BCUT2D eigenvalue weighted by Crippen LogP contribution is -2.48. The van der Waals surface area contributed by atoms with Crippen molar-refractivity contribution in [3.8, 4) is 5.75 Å². The number of carbonyl (C=O) groups excluding carboxylic acids is 2. The van der Waals surface area contributed by atoms with Gasteiger partial charge in [0.2, 0.25) is 11.8 Å². The van der Waals surface area contributed by atoms with E-state index < -0.39 is 6.04 Å². The summed E-state index contributed by atoms with van der Waals surface area (Å²) in [6.07, 6.45) is 0.833. The number of hydrogen-bond acceptors (Lipinski definition) is 3. The van der Waals surface area contributed by atoms with Gasteiger partial charge in [-0.25, -0.2) is 0 Å². The van der Waals surface area contributed by atoms with Crippen LogP contribution in [-0.2, 0) is 22.6 Å². The maximum absolute atomic E-state index is 12.7. The molecular weight excluding hydrogens is 340 g/mol. The molecule has 27 heavy (non-hydrogen) atoms. The van der Waals surface area contributed by atoms with Gasteiger partial charge in [0.25, 0.3) is 0 Å². The first-order chi connectivity index (χ1) is 13.0. The highest BCUT2D eigenvalue weighted by molar-refractivity contribution is 5.90. The van der Waals surface area contributed by atoms with Gasteiger partial charge in [-0.3, -0.25) is 9.59 Å². The molecule has 1 atom stereocenters. The molecule has 142 valence electrons. The third kappa shape index (κ3) is 5.09. The summed E-state index contributed by atoms with van der Waals surface area (Å²) in [6.45, 7) is 4.94. The summed E-state index contributed by atoms with van der Waals surface area (Å²) in [7, 11) is 0. The average Bonchev–Trinajstić information content (AvgIpc) is 2.80. The first-order valence-corrected chi connectivity index (χ1v) is 9.38. The normalized spacial score (nSPS) is 17.6. The van der Waals surface area contributed by atoms with Gasteiger partial charge in [0, 0.05) is 25.4 Å². The Hall–Kier alpha value is -2.82. The van der Waals surface area contributed by atoms with Crippen LogP contribution in [0.25, 0.3) is 0 Å². The molecule has 1 aliphatic rings. The fourth-order valence-electron chi connectivity index (χ4n) is 3.21. The van der Waals surface area contributed by atoms with Crippen LogP contribution >= 0.6 is 0 Å². The van der Waals surface area contributed by atoms with Crippen LogP contribution in [0.3, 0.4) is 0 Å². The van der Waals surface area contributed by atoms with Crippen molar-refractivity contribution >= 4 is 11.8 Å². The lowest BCUT2D eigenvalue weighted by molar-refractivity contribution is -0.134. The van der Waals surface area contributed by atoms with Crippen molar-refractivity contribution in [1.29, 1.82) is 0 Å². The Balaban J connectivity index is 1.62. The van der Waals surface area contributed by atoms with Crippen LogP contribution in [0.15, 0.2) is 54.6 Å². The minimum atomic E-state index is -0.515. The second-order valence-electron chi connectivity index (χ2n) is 7.12. The van der Waals surface area contributed by atoms with Crippen molar-refractivity contribution in [2.45, 2.75) is 45.4 Å². The Morgan fingerprint density at radius 1 is 1.04 bits per heavy atom. The number of rotatable bonds is 6. The second kappa shape index (κ2) is 8.71. The molecule has 1 heterocycles. The van der Waals surface area contributed by atoms with Crippen molar-refractivity contribution in [3.63, 3.8) is 0 Å². The van der Waals surface area contributed by atoms with Gasteiger partial charge in [-0.15, -0.1) is 0 Å². The van der Waals surface area contributed by atoms with Crippen molar-refractivity contribution in [2.24, 2.45) is 0 Å². The molecule has 0 spiro atoms. The van der Waals surface area contributed by atoms with E-state index in [-0.39, 0.29) is 17.9 Å². The molecule has 0 bridgehead atoms. The molecule has 2 aromatic rings. The maximum Gasteiger partial charge on any atom is 0.245 e. The number of hydrogen-bond donors (Lipinski definition) is 1. The molecule has 2 aromatic carbocycles. The zero-order valence-electron chi connectivity index (χ0n) is 15.9. The molecular formula is C22H26N2O3. The monoisotopic (exact) mass is 366 g/mol. The van der Waals surface area contributed by atoms with Crippen LogP contribution in [0, 0.1) is 0 Å². The van der Waals surface area contributed by atoms with Gasteiger partial charge in [0.1, 0.15) is 18.4 Å². The van der Waals surface area contributed by atoms with Gasteiger partial charge in [-0.2, -0.15) is 0 Å². The van der Waals surface area contributed by atoms with Crippen molar-refractivity contribution in [3.05, 3.63) is 65.7 Å². The smallest absolute Gasteiger partial charge is 0.245 e. The lowest BCUT2D eigenvalue weighted by Gasteiger charge is -2.27. The third-order valence-corrected chi connectivity index (χ3v) is 4.73. The summed E-state index contributed by atoms with van der Waals surface area (Å²) in [6, 6.07) is 17.3. The van der Waals surface area contributed by atoms with Crippen molar-refractivity contribution in [1.82, 2.24) is 10.2 Å². The van der Waals surface area contributed by atoms with E-state index >= 15 is 0 Å². The SMILES string of the molecule is CC(C)N1CCC(=O)N[C@@H](Cc2ccc(OCc3ccccc3)cc2)C1=O. The van der Waals surface area contributed by atoms with Crippen LogP contribution in [0.1, 0.15) is 31.4 Å². The van der Waals surface area contributed by atoms with Gasteiger partial charge >= 0.3 is 0 Å². The Labute approximate surface area is 160 Å². The van der Waals surface area contributed by atoms with E-state index in [0.29, 0.717) is 26.0 Å². The highest BCUT2D eigenvalue weighted by Gasteiger charge is 2.31. The van der Waals surface area contributed by atoms with Crippen LogP contribution in [-0.4, -0.2) is 35.3 Å². The fourth-order valence-corrected chi connectivity index (χ4v) is 3.21. The van der Waals surface area contributed by atoms with Gasteiger partial charge in [-0.05, 0) is 37.1 Å². The van der Waals surface area contributed by atoms with Crippen LogP contribution in [0.4, 0.5) is 0 Å². The van der Waals surface area contributed by atoms with Crippen LogP contribution < -0.4 is 10.1 Å². The van der Waals surface area contributed by atoms with Gasteiger partial charge in [0.05, 0.1) is 0 Å². The second-order valence-corrected chi connectivity index (χ2v) is 7.12. The topological polar surface area (TPSA) is 58.6 Å². The molecule has 1 fully saturated rings. The predicted octanol–water partition coefficient (Wildman–Crippen LogP) is 2.93. The van der Waals surface area contributed by atoms with E-state index in [0.717, 1.165) is 16.9 Å². The molecule has 1 saturated heterocycles. The first kappa shape index (κ1) is 19.0. The van der Waals surface area contributed by atoms with Crippen LogP contribution in [0.2, 0.25) is 0 Å². The van der Waals surface area contributed by atoms with E-state index in [1.54, 1.807) is 4.90 Å². The molecule has 3 rings (SSSR count). The summed E-state index contributed by atoms with van der Waals surface area (Å²) in [5.41, 5.74) is 2.11. The maximum atomic E-state index is 12.7. The highest BCUT2D eigenvalue weighted by Crippen LogP contribution is 2.17. The summed E-state index contributed by atoms with van der Waals surface area (Å²) in [5, 5.41) is 2.86. The molecule has 5 heteroatoms. The Morgan fingerprint density at radius 2 is 1.74 bits per heavy atom. The Bertz CT molecular complexity index is 772. The van der Waals surface area contributed by atoms with Crippen molar-refractivity contribution < 1.29 is 14.3 Å². The number of benzene rings is 2. The molecule has 0 unspecified atom stereocenters. The van der Waals surface area contributed by atoms with E-state index in [9.17, 15) is 9.59 Å². The fraction of sp³-hybridized carbons (Fsp3) is 0.364. The molecule has 0 saturated carbocycles. The van der Waals surface area contributed by atoms with E-state index in [1.165, 1.54) is 0 Å². The third-order valence-electron chi connectivity index (χ3n) is 4.73. The molecule has 1 N–H and O–H groups in total. The largest absolute Gasteiger partial charge is 0.489 e. The van der Waals surface area contributed by atoms with Gasteiger partial charge in [0.15, 0.2) is 0 Å². The zero-order chi connectivity index (χ0) is 19.2. The molecule has 0 aliphatic carbocycles. The average molecular weight is 366 g/mol.